The Hall–Kier alpha value is -1.12. The number of rotatable bonds is 4. The van der Waals surface area contributed by atoms with E-state index in [-0.39, 0.29) is 11.2 Å². The number of hydrogen-bond donors (Lipinski definition) is 0. The zero-order valence-electron chi connectivity index (χ0n) is 11.2. The van der Waals surface area contributed by atoms with Crippen molar-refractivity contribution in [3.8, 4) is 5.75 Å². The minimum absolute atomic E-state index is 0.0298. The molecule has 1 aliphatic carbocycles. The van der Waals surface area contributed by atoms with E-state index in [0.29, 0.717) is 24.5 Å². The molecule has 1 nitrogen and oxygen atoms in total. The van der Waals surface area contributed by atoms with E-state index in [9.17, 15) is 8.78 Å². The summed E-state index contributed by atoms with van der Waals surface area (Å²) in [5, 5.41) is 0. The smallest absolute Gasteiger partial charge is 0.168 e. The SMILES string of the molecule is CC(C)(C)Cc1cc(F)cc(F)c1OCC1CC1. The molecule has 1 fully saturated rings. The molecule has 0 unspecified atom stereocenters. The zero-order chi connectivity index (χ0) is 13.3. The molecule has 18 heavy (non-hydrogen) atoms. The van der Waals surface area contributed by atoms with E-state index in [2.05, 4.69) is 0 Å². The van der Waals surface area contributed by atoms with Crippen LogP contribution in [0.3, 0.4) is 0 Å². The molecule has 1 saturated carbocycles. The number of halogens is 2. The molecular weight excluding hydrogens is 234 g/mol. The molecule has 0 amide bonds. The van der Waals surface area contributed by atoms with Crippen LogP contribution in [-0.4, -0.2) is 6.61 Å². The first-order chi connectivity index (χ1) is 8.35. The zero-order valence-corrected chi connectivity index (χ0v) is 11.2. The van der Waals surface area contributed by atoms with Gasteiger partial charge >= 0.3 is 0 Å². The lowest BCUT2D eigenvalue weighted by molar-refractivity contribution is 0.276. The molecular formula is C15H20F2O. The summed E-state index contributed by atoms with van der Waals surface area (Å²) >= 11 is 0. The van der Waals surface area contributed by atoms with Gasteiger partial charge in [0.25, 0.3) is 0 Å². The summed E-state index contributed by atoms with van der Waals surface area (Å²) in [6.07, 6.45) is 2.90. The summed E-state index contributed by atoms with van der Waals surface area (Å²) in [4.78, 5) is 0. The molecule has 0 atom stereocenters. The molecule has 1 aliphatic rings. The van der Waals surface area contributed by atoms with Crippen molar-refractivity contribution in [1.82, 2.24) is 0 Å². The molecule has 0 N–H and O–H groups in total. The van der Waals surface area contributed by atoms with Gasteiger partial charge in [-0.2, -0.15) is 0 Å². The molecule has 0 radical (unpaired) electrons. The fraction of sp³-hybridized carbons (Fsp3) is 0.600. The fourth-order valence-corrected chi connectivity index (χ4v) is 1.96. The maximum absolute atomic E-state index is 13.8. The summed E-state index contributed by atoms with van der Waals surface area (Å²) in [5.74, 6) is -0.337. The van der Waals surface area contributed by atoms with Gasteiger partial charge in [-0.15, -0.1) is 0 Å². The minimum Gasteiger partial charge on any atom is -0.490 e. The van der Waals surface area contributed by atoms with Gasteiger partial charge in [0.05, 0.1) is 6.61 Å². The van der Waals surface area contributed by atoms with E-state index in [1.54, 1.807) is 0 Å². The average Bonchev–Trinajstić information content (AvgIpc) is 2.97. The second-order valence-electron chi connectivity index (χ2n) is 6.37. The van der Waals surface area contributed by atoms with E-state index < -0.39 is 11.6 Å². The van der Waals surface area contributed by atoms with Crippen molar-refractivity contribution in [1.29, 1.82) is 0 Å². The van der Waals surface area contributed by atoms with Gasteiger partial charge in [0.2, 0.25) is 0 Å². The Bertz CT molecular complexity index is 431. The summed E-state index contributed by atoms with van der Waals surface area (Å²) in [7, 11) is 0. The van der Waals surface area contributed by atoms with Crippen molar-refractivity contribution >= 4 is 0 Å². The van der Waals surface area contributed by atoms with Crippen LogP contribution in [0.4, 0.5) is 8.78 Å². The molecule has 0 heterocycles. The Labute approximate surface area is 107 Å². The van der Waals surface area contributed by atoms with Crippen molar-refractivity contribution in [2.45, 2.75) is 40.0 Å². The van der Waals surface area contributed by atoms with Crippen molar-refractivity contribution in [2.24, 2.45) is 11.3 Å². The Kier molecular flexibility index (Phi) is 3.60. The first-order valence-electron chi connectivity index (χ1n) is 6.46. The molecule has 1 aromatic carbocycles. The highest BCUT2D eigenvalue weighted by Gasteiger charge is 2.24. The fourth-order valence-electron chi connectivity index (χ4n) is 1.96. The monoisotopic (exact) mass is 254 g/mol. The minimum atomic E-state index is -0.588. The quantitative estimate of drug-likeness (QED) is 0.776. The lowest BCUT2D eigenvalue weighted by Gasteiger charge is -2.21. The van der Waals surface area contributed by atoms with Crippen molar-refractivity contribution < 1.29 is 13.5 Å². The van der Waals surface area contributed by atoms with Gasteiger partial charge in [-0.3, -0.25) is 0 Å². The largest absolute Gasteiger partial charge is 0.490 e. The van der Waals surface area contributed by atoms with Crippen molar-refractivity contribution in [2.75, 3.05) is 6.61 Å². The van der Waals surface area contributed by atoms with Crippen LogP contribution < -0.4 is 4.74 Å². The molecule has 0 bridgehead atoms. The summed E-state index contributed by atoms with van der Waals surface area (Å²) in [6, 6.07) is 2.28. The Morgan fingerprint density at radius 1 is 1.22 bits per heavy atom. The van der Waals surface area contributed by atoms with E-state index in [1.807, 2.05) is 20.8 Å². The van der Waals surface area contributed by atoms with Crippen molar-refractivity contribution in [3.63, 3.8) is 0 Å². The number of benzene rings is 1. The summed E-state index contributed by atoms with van der Waals surface area (Å²) in [5.41, 5.74) is 0.596. The molecule has 0 aliphatic heterocycles. The highest BCUT2D eigenvalue weighted by Crippen LogP contribution is 2.34. The van der Waals surface area contributed by atoms with Crippen LogP contribution in [0, 0.1) is 23.0 Å². The van der Waals surface area contributed by atoms with Crippen LogP contribution >= 0.6 is 0 Å². The second kappa shape index (κ2) is 4.87. The molecule has 2 rings (SSSR count). The van der Waals surface area contributed by atoms with Crippen LogP contribution in [0.5, 0.6) is 5.75 Å². The van der Waals surface area contributed by atoms with Crippen LogP contribution in [0.2, 0.25) is 0 Å². The standard InChI is InChI=1S/C15H20F2O/c1-15(2,3)8-11-6-12(16)7-13(17)14(11)18-9-10-4-5-10/h6-7,10H,4-5,8-9H2,1-3H3. The van der Waals surface area contributed by atoms with Gasteiger partial charge in [0.1, 0.15) is 5.82 Å². The molecule has 0 spiro atoms. The number of ether oxygens (including phenoxy) is 1. The highest BCUT2D eigenvalue weighted by atomic mass is 19.1. The third kappa shape index (κ3) is 3.69. The first-order valence-corrected chi connectivity index (χ1v) is 6.46. The summed E-state index contributed by atoms with van der Waals surface area (Å²) < 4.78 is 32.6. The third-order valence-corrected chi connectivity index (χ3v) is 2.97. The van der Waals surface area contributed by atoms with E-state index in [4.69, 9.17) is 4.74 Å². The number of hydrogen-bond acceptors (Lipinski definition) is 1. The molecule has 3 heteroatoms. The molecule has 100 valence electrons. The predicted molar refractivity (Wildman–Crippen MR) is 67.7 cm³/mol. The second-order valence-corrected chi connectivity index (χ2v) is 6.37. The maximum atomic E-state index is 13.8. The lowest BCUT2D eigenvalue weighted by Crippen LogP contribution is -2.12. The molecule has 0 aromatic heterocycles. The van der Waals surface area contributed by atoms with Gasteiger partial charge in [-0.05, 0) is 36.7 Å². The van der Waals surface area contributed by atoms with Gasteiger partial charge in [-0.1, -0.05) is 20.8 Å². The summed E-state index contributed by atoms with van der Waals surface area (Å²) in [6.45, 7) is 6.67. The normalized spacial score (nSPS) is 15.8. The van der Waals surface area contributed by atoms with E-state index in [0.717, 1.165) is 18.9 Å². The topological polar surface area (TPSA) is 9.23 Å². The predicted octanol–water partition coefficient (Wildman–Crippen LogP) is 4.34. The van der Waals surface area contributed by atoms with Crippen molar-refractivity contribution in [3.05, 3.63) is 29.3 Å². The Balaban J connectivity index is 2.22. The molecule has 1 aromatic rings. The van der Waals surface area contributed by atoms with Gasteiger partial charge in [-0.25, -0.2) is 8.78 Å². The van der Waals surface area contributed by atoms with Crippen LogP contribution in [0.25, 0.3) is 0 Å². The molecule has 0 saturated heterocycles. The third-order valence-electron chi connectivity index (χ3n) is 2.97. The average molecular weight is 254 g/mol. The van der Waals surface area contributed by atoms with Gasteiger partial charge in [0, 0.05) is 11.6 Å². The Morgan fingerprint density at radius 3 is 2.44 bits per heavy atom. The van der Waals surface area contributed by atoms with Crippen LogP contribution in [-0.2, 0) is 6.42 Å². The van der Waals surface area contributed by atoms with E-state index >= 15 is 0 Å². The van der Waals surface area contributed by atoms with Crippen LogP contribution in [0.1, 0.15) is 39.2 Å². The van der Waals surface area contributed by atoms with Crippen LogP contribution in [0.15, 0.2) is 12.1 Å². The van der Waals surface area contributed by atoms with E-state index in [1.165, 1.54) is 6.07 Å². The first kappa shape index (κ1) is 13.3. The Morgan fingerprint density at radius 2 is 1.89 bits per heavy atom. The van der Waals surface area contributed by atoms with Gasteiger partial charge < -0.3 is 4.74 Å². The highest BCUT2D eigenvalue weighted by molar-refractivity contribution is 5.36. The lowest BCUT2D eigenvalue weighted by atomic mass is 9.87. The maximum Gasteiger partial charge on any atom is 0.168 e. The van der Waals surface area contributed by atoms with Gasteiger partial charge in [0.15, 0.2) is 11.6 Å².